The lowest BCUT2D eigenvalue weighted by Gasteiger charge is -2.32. The molecule has 1 heterocycles. The Labute approximate surface area is 185 Å². The van der Waals surface area contributed by atoms with E-state index in [9.17, 15) is 14.4 Å². The second kappa shape index (κ2) is 20.8. The molecule has 1 aliphatic rings. The summed E-state index contributed by atoms with van der Waals surface area (Å²) in [4.78, 5) is 37.5. The topological polar surface area (TPSA) is 78.5 Å². The van der Waals surface area contributed by atoms with Crippen molar-refractivity contribution in [1.29, 1.82) is 0 Å². The summed E-state index contributed by atoms with van der Waals surface area (Å²) in [5.41, 5.74) is 0. The van der Waals surface area contributed by atoms with E-state index >= 15 is 0 Å². The predicted octanol–water partition coefficient (Wildman–Crippen LogP) is 4.32. The number of Topliss-reactive ketones (excluding diaryl/α,β-unsaturated/α-hetero) is 1. The van der Waals surface area contributed by atoms with Crippen LogP contribution in [0.4, 0.5) is 0 Å². The summed E-state index contributed by atoms with van der Waals surface area (Å²) in [5.74, 6) is 0.724. The number of likely N-dealkylation sites (N-methyl/N-ethyl adjacent to an activating group) is 1. The number of likely N-dealkylation sites (tertiary alicyclic amines) is 1. The van der Waals surface area contributed by atoms with Crippen molar-refractivity contribution in [3.8, 4) is 0 Å². The number of nitrogens with one attached hydrogen (secondary N) is 2. The van der Waals surface area contributed by atoms with Crippen molar-refractivity contribution in [3.63, 3.8) is 0 Å². The largest absolute Gasteiger partial charge is 0.352 e. The van der Waals surface area contributed by atoms with Crippen LogP contribution in [0, 0.1) is 5.92 Å². The van der Waals surface area contributed by atoms with Gasteiger partial charge >= 0.3 is 0 Å². The molecule has 2 amide bonds. The van der Waals surface area contributed by atoms with E-state index in [0.29, 0.717) is 25.2 Å². The van der Waals surface area contributed by atoms with Gasteiger partial charge in [-0.25, -0.2) is 0 Å². The van der Waals surface area contributed by atoms with Gasteiger partial charge in [0.2, 0.25) is 11.8 Å². The Hall–Kier alpha value is -1.43. The van der Waals surface area contributed by atoms with Gasteiger partial charge in [-0.1, -0.05) is 61.3 Å². The zero-order valence-corrected chi connectivity index (χ0v) is 20.8. The maximum atomic E-state index is 12.3. The van der Waals surface area contributed by atoms with E-state index < -0.39 is 0 Å². The fourth-order valence-corrected chi connectivity index (χ4v) is 3.17. The van der Waals surface area contributed by atoms with Crippen LogP contribution in [-0.2, 0) is 14.4 Å². The van der Waals surface area contributed by atoms with Gasteiger partial charge in [0.25, 0.3) is 0 Å². The van der Waals surface area contributed by atoms with E-state index in [4.69, 9.17) is 0 Å². The van der Waals surface area contributed by atoms with Crippen molar-refractivity contribution in [2.45, 2.75) is 106 Å². The van der Waals surface area contributed by atoms with Crippen molar-refractivity contribution in [1.82, 2.24) is 15.5 Å². The SMILES string of the molecule is CC.CC.CCNCC(=O)NC1CCN(C(=O)CCCCCCC(=O)C(C)C)CC1. The summed E-state index contributed by atoms with van der Waals surface area (Å²) in [6.07, 6.45) is 6.78. The summed E-state index contributed by atoms with van der Waals surface area (Å²) in [7, 11) is 0. The van der Waals surface area contributed by atoms with Crippen LogP contribution in [0.2, 0.25) is 0 Å². The molecule has 0 aromatic rings. The Balaban J connectivity index is 0. The molecule has 1 saturated heterocycles. The van der Waals surface area contributed by atoms with Gasteiger partial charge in [-0.3, -0.25) is 14.4 Å². The monoisotopic (exact) mass is 427 g/mol. The second-order valence-corrected chi connectivity index (χ2v) is 7.54. The normalized spacial score (nSPS) is 13.7. The molecule has 0 radical (unpaired) electrons. The average Bonchev–Trinajstić information content (AvgIpc) is 2.77. The molecule has 2 N–H and O–H groups in total. The van der Waals surface area contributed by atoms with E-state index in [-0.39, 0.29) is 23.8 Å². The molecule has 30 heavy (non-hydrogen) atoms. The van der Waals surface area contributed by atoms with Crippen LogP contribution < -0.4 is 10.6 Å². The van der Waals surface area contributed by atoms with Crippen LogP contribution in [0.25, 0.3) is 0 Å². The molecule has 6 heteroatoms. The molecule has 6 nitrogen and oxygen atoms in total. The molecule has 0 aromatic carbocycles. The highest BCUT2D eigenvalue weighted by atomic mass is 16.2. The van der Waals surface area contributed by atoms with Gasteiger partial charge in [-0.05, 0) is 32.2 Å². The molecule has 0 saturated carbocycles. The van der Waals surface area contributed by atoms with Crippen molar-refractivity contribution in [2.75, 3.05) is 26.2 Å². The molecule has 0 atom stereocenters. The minimum Gasteiger partial charge on any atom is -0.352 e. The number of unbranched alkanes of at least 4 members (excludes halogenated alkanes) is 3. The number of hydrogen-bond acceptors (Lipinski definition) is 4. The molecule has 178 valence electrons. The van der Waals surface area contributed by atoms with Crippen LogP contribution >= 0.6 is 0 Å². The quantitative estimate of drug-likeness (QED) is 0.455. The molecule has 0 aliphatic carbocycles. The maximum Gasteiger partial charge on any atom is 0.234 e. The highest BCUT2D eigenvalue weighted by Gasteiger charge is 2.23. The number of rotatable bonds is 12. The molecular formula is C24H49N3O3. The first-order valence-corrected chi connectivity index (χ1v) is 12.2. The van der Waals surface area contributed by atoms with Crippen molar-refractivity contribution in [2.24, 2.45) is 5.92 Å². The van der Waals surface area contributed by atoms with Crippen LogP contribution in [0.5, 0.6) is 0 Å². The smallest absolute Gasteiger partial charge is 0.234 e. The number of piperidine rings is 1. The van der Waals surface area contributed by atoms with Gasteiger partial charge in [-0.2, -0.15) is 0 Å². The zero-order chi connectivity index (χ0) is 23.4. The maximum absolute atomic E-state index is 12.3. The molecule has 1 rings (SSSR count). The fraction of sp³-hybridized carbons (Fsp3) is 0.875. The number of carbonyl (C=O) groups excluding carboxylic acids is 3. The van der Waals surface area contributed by atoms with Gasteiger partial charge in [0, 0.05) is 37.9 Å². The zero-order valence-electron chi connectivity index (χ0n) is 20.8. The first kappa shape index (κ1) is 30.8. The van der Waals surface area contributed by atoms with E-state index in [0.717, 1.165) is 58.2 Å². The number of nitrogens with zero attached hydrogens (tertiary/aromatic N) is 1. The molecule has 0 bridgehead atoms. The van der Waals surface area contributed by atoms with E-state index in [1.54, 1.807) is 0 Å². The van der Waals surface area contributed by atoms with Gasteiger partial charge < -0.3 is 15.5 Å². The summed E-state index contributed by atoms with van der Waals surface area (Å²) >= 11 is 0. The third kappa shape index (κ3) is 15.4. The first-order chi connectivity index (χ1) is 14.4. The molecule has 0 spiro atoms. The second-order valence-electron chi connectivity index (χ2n) is 7.54. The summed E-state index contributed by atoms with van der Waals surface area (Å²) in [5, 5.41) is 6.05. The minimum atomic E-state index is 0.0348. The number of carbonyl (C=O) groups is 3. The summed E-state index contributed by atoms with van der Waals surface area (Å²) in [6.45, 7) is 16.5. The van der Waals surface area contributed by atoms with Gasteiger partial charge in [0.1, 0.15) is 5.78 Å². The Morgan fingerprint density at radius 3 is 1.93 bits per heavy atom. The summed E-state index contributed by atoms with van der Waals surface area (Å²) < 4.78 is 0. The fourth-order valence-electron chi connectivity index (χ4n) is 3.17. The van der Waals surface area contributed by atoms with E-state index in [2.05, 4.69) is 10.6 Å². The lowest BCUT2D eigenvalue weighted by atomic mass is 10.0. The van der Waals surface area contributed by atoms with E-state index in [1.165, 1.54) is 0 Å². The van der Waals surface area contributed by atoms with Gasteiger partial charge in [-0.15, -0.1) is 0 Å². The Morgan fingerprint density at radius 1 is 0.900 bits per heavy atom. The van der Waals surface area contributed by atoms with Crippen molar-refractivity contribution < 1.29 is 14.4 Å². The molecule has 0 unspecified atom stereocenters. The van der Waals surface area contributed by atoms with Crippen LogP contribution in [0.15, 0.2) is 0 Å². The van der Waals surface area contributed by atoms with Crippen LogP contribution in [0.1, 0.15) is 99.8 Å². The Kier molecular flexibility index (Phi) is 21.4. The minimum absolute atomic E-state index is 0.0348. The molecular weight excluding hydrogens is 378 g/mol. The van der Waals surface area contributed by atoms with Gasteiger partial charge in [0.05, 0.1) is 6.54 Å². The first-order valence-electron chi connectivity index (χ1n) is 12.2. The Morgan fingerprint density at radius 2 is 1.43 bits per heavy atom. The highest BCUT2D eigenvalue weighted by Crippen LogP contribution is 2.14. The third-order valence-corrected chi connectivity index (χ3v) is 4.96. The molecule has 1 aliphatic heterocycles. The average molecular weight is 428 g/mol. The van der Waals surface area contributed by atoms with Gasteiger partial charge in [0.15, 0.2) is 0 Å². The van der Waals surface area contributed by atoms with Crippen molar-refractivity contribution in [3.05, 3.63) is 0 Å². The van der Waals surface area contributed by atoms with E-state index in [1.807, 2.05) is 53.4 Å². The van der Waals surface area contributed by atoms with Crippen molar-refractivity contribution >= 4 is 17.6 Å². The number of amides is 2. The van der Waals surface area contributed by atoms with Crippen LogP contribution in [-0.4, -0.2) is 54.7 Å². The summed E-state index contributed by atoms with van der Waals surface area (Å²) in [6, 6.07) is 0.184. The number of hydrogen-bond donors (Lipinski definition) is 2. The third-order valence-electron chi connectivity index (χ3n) is 4.96. The highest BCUT2D eigenvalue weighted by molar-refractivity contribution is 5.80. The predicted molar refractivity (Wildman–Crippen MR) is 127 cm³/mol. The van der Waals surface area contributed by atoms with Crippen LogP contribution in [0.3, 0.4) is 0 Å². The standard InChI is InChI=1S/C20H37N3O3.2C2H6/c1-4-21-15-19(25)22-17-11-13-23(14-12-17)20(26)10-8-6-5-7-9-18(24)16(2)3;2*1-2/h16-17,21H,4-15H2,1-3H3,(H,22,25);2*1-2H3. The Bertz CT molecular complexity index is 445. The number of ketones is 1. The molecule has 0 aromatic heterocycles. The lowest BCUT2D eigenvalue weighted by molar-refractivity contribution is -0.132. The molecule has 1 fully saturated rings. The lowest BCUT2D eigenvalue weighted by Crippen LogP contribution is -2.48.